The molecule has 1 heterocycles. The van der Waals surface area contributed by atoms with Crippen molar-refractivity contribution in [2.75, 3.05) is 0 Å². The maximum Gasteiger partial charge on any atom is 0.328 e. The van der Waals surface area contributed by atoms with Gasteiger partial charge in [0, 0.05) is 34.8 Å². The minimum absolute atomic E-state index is 0.902. The van der Waals surface area contributed by atoms with Crippen LogP contribution in [0.15, 0.2) is 43.8 Å². The minimum Gasteiger partial charge on any atom is -0.478 e. The molecule has 6 heteroatoms. The zero-order chi connectivity index (χ0) is 14.0. The summed E-state index contributed by atoms with van der Waals surface area (Å²) in [6.45, 7) is 0. The third kappa shape index (κ3) is 3.78. The van der Waals surface area contributed by atoms with E-state index in [1.165, 1.54) is 11.3 Å². The van der Waals surface area contributed by atoms with Crippen LogP contribution in [0.3, 0.4) is 0 Å². The molecule has 0 saturated heterocycles. The highest BCUT2D eigenvalue weighted by Crippen LogP contribution is 2.40. The fourth-order valence-corrected chi connectivity index (χ4v) is 5.44. The number of rotatable bonds is 3. The second-order valence-corrected chi connectivity index (χ2v) is 7.36. The minimum atomic E-state index is -0.944. The molecule has 1 N–H and O–H groups in total. The van der Waals surface area contributed by atoms with Crippen molar-refractivity contribution < 1.29 is 9.90 Å². The maximum atomic E-state index is 10.5. The van der Waals surface area contributed by atoms with Gasteiger partial charge in [0.05, 0.1) is 0 Å². The summed E-state index contributed by atoms with van der Waals surface area (Å²) in [5.41, 5.74) is 1.06. The van der Waals surface area contributed by atoms with Crippen LogP contribution in [-0.4, -0.2) is 11.1 Å². The second-order valence-electron chi connectivity index (χ2n) is 3.62. The molecule has 1 aromatic heterocycles. The molecule has 1 aromatic carbocycles. The summed E-state index contributed by atoms with van der Waals surface area (Å²) in [7, 11) is 0. The zero-order valence-corrected chi connectivity index (χ0v) is 14.9. The molecule has 0 atom stereocenters. The van der Waals surface area contributed by atoms with Gasteiger partial charge in [0.2, 0.25) is 0 Å². The molecule has 0 saturated carbocycles. The SMILES string of the molecule is O=C(O)/C=C/c1ccc(-c2c(Br)cc(Br)cc2Br)s1. The molecule has 98 valence electrons. The number of hydrogen-bond donors (Lipinski definition) is 1. The van der Waals surface area contributed by atoms with Crippen molar-refractivity contribution in [1.82, 2.24) is 0 Å². The van der Waals surface area contributed by atoms with Gasteiger partial charge in [-0.2, -0.15) is 0 Å². The molecule has 0 aliphatic heterocycles. The van der Waals surface area contributed by atoms with E-state index in [0.717, 1.165) is 34.8 Å². The Kier molecular flexibility index (Phi) is 5.00. The topological polar surface area (TPSA) is 37.3 Å². The van der Waals surface area contributed by atoms with Crippen molar-refractivity contribution in [3.8, 4) is 10.4 Å². The number of benzene rings is 1. The Labute approximate surface area is 139 Å². The quantitative estimate of drug-likeness (QED) is 0.580. The lowest BCUT2D eigenvalue weighted by molar-refractivity contribution is -0.131. The lowest BCUT2D eigenvalue weighted by Crippen LogP contribution is -1.84. The first-order valence-electron chi connectivity index (χ1n) is 5.13. The Morgan fingerprint density at radius 2 is 1.79 bits per heavy atom. The van der Waals surface area contributed by atoms with Crippen LogP contribution in [0.1, 0.15) is 4.88 Å². The van der Waals surface area contributed by atoms with Gasteiger partial charge in [-0.1, -0.05) is 47.8 Å². The van der Waals surface area contributed by atoms with Crippen molar-refractivity contribution in [2.24, 2.45) is 0 Å². The van der Waals surface area contributed by atoms with Crippen molar-refractivity contribution in [3.05, 3.63) is 48.6 Å². The highest BCUT2D eigenvalue weighted by molar-refractivity contribution is 9.11. The van der Waals surface area contributed by atoms with E-state index in [1.54, 1.807) is 6.08 Å². The molecular weight excluding hydrogens is 460 g/mol. The molecule has 0 unspecified atom stereocenters. The van der Waals surface area contributed by atoms with Gasteiger partial charge in [-0.05, 0) is 30.3 Å². The van der Waals surface area contributed by atoms with Crippen LogP contribution in [0.25, 0.3) is 16.5 Å². The summed E-state index contributed by atoms with van der Waals surface area (Å²) < 4.78 is 2.94. The fraction of sp³-hybridized carbons (Fsp3) is 0. The van der Waals surface area contributed by atoms with Crippen molar-refractivity contribution in [3.63, 3.8) is 0 Å². The summed E-state index contributed by atoms with van der Waals surface area (Å²) in [6, 6.07) is 7.84. The summed E-state index contributed by atoms with van der Waals surface area (Å²) in [5.74, 6) is -0.944. The normalized spacial score (nSPS) is 11.1. The van der Waals surface area contributed by atoms with Crippen LogP contribution in [0.5, 0.6) is 0 Å². The van der Waals surface area contributed by atoms with E-state index < -0.39 is 5.97 Å². The van der Waals surface area contributed by atoms with Crippen LogP contribution in [0.4, 0.5) is 0 Å². The summed E-state index contributed by atoms with van der Waals surface area (Å²) in [6.07, 6.45) is 2.73. The van der Waals surface area contributed by atoms with Gasteiger partial charge in [0.25, 0.3) is 0 Å². The highest BCUT2D eigenvalue weighted by atomic mass is 79.9. The van der Waals surface area contributed by atoms with Gasteiger partial charge < -0.3 is 5.11 Å². The number of carboxylic acid groups (broad SMARTS) is 1. The summed E-state index contributed by atoms with van der Waals surface area (Å²) >= 11 is 12.1. The molecule has 2 rings (SSSR count). The van der Waals surface area contributed by atoms with E-state index in [9.17, 15) is 4.79 Å². The van der Waals surface area contributed by atoms with Crippen LogP contribution in [0, 0.1) is 0 Å². The van der Waals surface area contributed by atoms with Crippen molar-refractivity contribution in [1.29, 1.82) is 0 Å². The first-order valence-corrected chi connectivity index (χ1v) is 8.32. The monoisotopic (exact) mass is 464 g/mol. The Morgan fingerprint density at radius 1 is 1.16 bits per heavy atom. The molecule has 0 bridgehead atoms. The molecule has 0 fully saturated rings. The summed E-state index contributed by atoms with van der Waals surface area (Å²) in [5, 5.41) is 8.62. The van der Waals surface area contributed by atoms with Gasteiger partial charge in [0.1, 0.15) is 0 Å². The number of hydrogen-bond acceptors (Lipinski definition) is 2. The van der Waals surface area contributed by atoms with Crippen LogP contribution < -0.4 is 0 Å². The maximum absolute atomic E-state index is 10.5. The molecule has 0 radical (unpaired) electrons. The first kappa shape index (κ1) is 15.0. The van der Waals surface area contributed by atoms with Gasteiger partial charge in [-0.25, -0.2) is 4.79 Å². The zero-order valence-electron chi connectivity index (χ0n) is 9.36. The van der Waals surface area contributed by atoms with Crippen LogP contribution in [-0.2, 0) is 4.79 Å². The van der Waals surface area contributed by atoms with E-state index in [-0.39, 0.29) is 0 Å². The van der Waals surface area contributed by atoms with E-state index in [0.29, 0.717) is 0 Å². The standard InChI is InChI=1S/C13H7Br3O2S/c14-7-5-9(15)13(10(16)6-7)11-3-1-8(19-11)2-4-12(17)18/h1-6H,(H,17,18)/b4-2+. The van der Waals surface area contributed by atoms with Gasteiger partial charge in [-0.3, -0.25) is 0 Å². The fourth-order valence-electron chi connectivity index (χ4n) is 1.51. The first-order chi connectivity index (χ1) is 8.97. The van der Waals surface area contributed by atoms with E-state index in [2.05, 4.69) is 47.8 Å². The molecule has 19 heavy (non-hydrogen) atoms. The van der Waals surface area contributed by atoms with Crippen molar-refractivity contribution >= 4 is 71.2 Å². The van der Waals surface area contributed by atoms with E-state index >= 15 is 0 Å². The lowest BCUT2D eigenvalue weighted by Gasteiger charge is -2.05. The summed E-state index contributed by atoms with van der Waals surface area (Å²) in [4.78, 5) is 12.5. The largest absolute Gasteiger partial charge is 0.478 e. The van der Waals surface area contributed by atoms with E-state index in [4.69, 9.17) is 5.11 Å². The molecule has 2 aromatic rings. The molecule has 2 nitrogen and oxygen atoms in total. The third-order valence-electron chi connectivity index (χ3n) is 2.27. The second kappa shape index (κ2) is 6.35. The average Bonchev–Trinajstić information content (AvgIpc) is 2.73. The third-order valence-corrected chi connectivity index (χ3v) is 5.05. The molecule has 0 aliphatic rings. The van der Waals surface area contributed by atoms with E-state index in [1.807, 2.05) is 24.3 Å². The van der Waals surface area contributed by atoms with Gasteiger partial charge in [0.15, 0.2) is 0 Å². The Balaban J connectivity index is 2.41. The predicted molar refractivity (Wildman–Crippen MR) is 89.5 cm³/mol. The van der Waals surface area contributed by atoms with Crippen molar-refractivity contribution in [2.45, 2.75) is 0 Å². The molecule has 0 aliphatic carbocycles. The number of carbonyl (C=O) groups is 1. The molecular formula is C13H7Br3O2S. The molecule has 0 amide bonds. The van der Waals surface area contributed by atoms with Crippen LogP contribution >= 0.6 is 59.1 Å². The average molecular weight is 467 g/mol. The van der Waals surface area contributed by atoms with Crippen LogP contribution in [0.2, 0.25) is 0 Å². The number of aliphatic carboxylic acids is 1. The number of carboxylic acids is 1. The Hall–Kier alpha value is -0.430. The smallest absolute Gasteiger partial charge is 0.328 e. The Bertz CT molecular complexity index is 639. The number of halogens is 3. The van der Waals surface area contributed by atoms with Gasteiger partial charge >= 0.3 is 5.97 Å². The highest BCUT2D eigenvalue weighted by Gasteiger charge is 2.11. The predicted octanol–water partition coefficient (Wildman–Crippen LogP) is 5.80. The Morgan fingerprint density at radius 3 is 2.37 bits per heavy atom. The molecule has 0 spiro atoms. The lowest BCUT2D eigenvalue weighted by atomic mass is 10.2. The number of thiophene rings is 1. The van der Waals surface area contributed by atoms with Gasteiger partial charge in [-0.15, -0.1) is 11.3 Å².